The van der Waals surface area contributed by atoms with Crippen molar-refractivity contribution in [2.24, 2.45) is 46.3 Å². The van der Waals surface area contributed by atoms with Crippen molar-refractivity contribution in [1.29, 1.82) is 0 Å². The van der Waals surface area contributed by atoms with Crippen LogP contribution in [-0.2, 0) is 4.79 Å². The van der Waals surface area contributed by atoms with E-state index in [9.17, 15) is 14.0 Å². The number of aromatic carboxylic acids is 1. The van der Waals surface area contributed by atoms with Crippen LogP contribution in [0.2, 0.25) is 0 Å². The molecule has 0 radical (unpaired) electrons. The molecule has 0 bridgehead atoms. The predicted octanol–water partition coefficient (Wildman–Crippen LogP) is 7.39. The fourth-order valence-electron chi connectivity index (χ4n) is 8.73. The quantitative estimate of drug-likeness (QED) is 0.504. The van der Waals surface area contributed by atoms with Crippen LogP contribution >= 0.6 is 0 Å². The van der Waals surface area contributed by atoms with E-state index in [4.69, 9.17) is 5.11 Å². The zero-order valence-electron chi connectivity index (χ0n) is 20.8. The van der Waals surface area contributed by atoms with E-state index in [1.807, 2.05) is 6.92 Å². The van der Waals surface area contributed by atoms with Crippen molar-refractivity contribution in [3.05, 3.63) is 35.6 Å². The maximum Gasteiger partial charge on any atom is 0.335 e. The molecule has 1 aromatic rings. The van der Waals surface area contributed by atoms with Gasteiger partial charge in [0.25, 0.3) is 0 Å². The van der Waals surface area contributed by atoms with Gasteiger partial charge in [0, 0.05) is 5.92 Å². The Morgan fingerprint density at radius 2 is 1.55 bits per heavy atom. The number of hydrogen-bond acceptors (Lipinski definition) is 2. The Morgan fingerprint density at radius 3 is 2.18 bits per heavy atom. The third kappa shape index (κ3) is 4.39. The molecular formula is C29H41FO3. The number of hydrogen-bond donors (Lipinski definition) is 1. The summed E-state index contributed by atoms with van der Waals surface area (Å²) in [7, 11) is 0. The summed E-state index contributed by atoms with van der Waals surface area (Å²) in [6, 6.07) is 4.67. The van der Waals surface area contributed by atoms with E-state index in [0.29, 0.717) is 22.5 Å². The van der Waals surface area contributed by atoms with Gasteiger partial charge in [-0.2, -0.15) is 0 Å². The molecule has 0 saturated heterocycles. The Bertz CT molecular complexity index is 879. The summed E-state index contributed by atoms with van der Waals surface area (Å²) in [6.45, 7) is 9.45. The van der Waals surface area contributed by atoms with Gasteiger partial charge < -0.3 is 5.11 Å². The van der Waals surface area contributed by atoms with Crippen molar-refractivity contribution in [3.63, 3.8) is 0 Å². The van der Waals surface area contributed by atoms with Crippen LogP contribution in [0.3, 0.4) is 0 Å². The van der Waals surface area contributed by atoms with Crippen LogP contribution < -0.4 is 0 Å². The third-order valence-electron chi connectivity index (χ3n) is 10.5. The molecule has 4 heteroatoms. The minimum atomic E-state index is -1.04. The zero-order valence-corrected chi connectivity index (χ0v) is 20.8. The third-order valence-corrected chi connectivity index (χ3v) is 10.5. The highest BCUT2D eigenvalue weighted by atomic mass is 19.1. The van der Waals surface area contributed by atoms with E-state index in [1.165, 1.54) is 69.9 Å². The first-order chi connectivity index (χ1) is 15.6. The summed E-state index contributed by atoms with van der Waals surface area (Å²) in [5, 5.41) is 8.35. The molecule has 182 valence electrons. The smallest absolute Gasteiger partial charge is 0.335 e. The lowest BCUT2D eigenvalue weighted by Crippen LogP contribution is -2.53. The van der Waals surface area contributed by atoms with E-state index in [2.05, 4.69) is 20.8 Å². The van der Waals surface area contributed by atoms with Crippen LogP contribution in [0, 0.1) is 52.2 Å². The van der Waals surface area contributed by atoms with E-state index < -0.39 is 11.8 Å². The van der Waals surface area contributed by atoms with Crippen LogP contribution in [0.4, 0.5) is 4.39 Å². The predicted molar refractivity (Wildman–Crippen MR) is 128 cm³/mol. The first-order valence-corrected chi connectivity index (χ1v) is 13.1. The van der Waals surface area contributed by atoms with Gasteiger partial charge in [0.05, 0.1) is 5.56 Å². The van der Waals surface area contributed by atoms with Crippen molar-refractivity contribution in [2.45, 2.75) is 85.5 Å². The standard InChI is InChI=1S/C22H36O.C7H5FO2/c1-14-9-11-21(3)16(13-14)5-6-17-19-8-7-18(15(2)23)22(19,4)12-10-20(17)21;8-6-3-1-5(2-4-6)7(9)10/h14,16-20H,5-13H2,1-4H3;1-4H,(H,9,10). The van der Waals surface area contributed by atoms with Crippen LogP contribution in [0.25, 0.3) is 0 Å². The molecule has 3 nitrogen and oxygen atoms in total. The number of halogens is 1. The first kappa shape index (κ1) is 24.4. The van der Waals surface area contributed by atoms with Crippen molar-refractivity contribution >= 4 is 11.8 Å². The van der Waals surface area contributed by atoms with Gasteiger partial charge in [-0.25, -0.2) is 9.18 Å². The maximum atomic E-state index is 12.2. The second-order valence-electron chi connectivity index (χ2n) is 12.1. The summed E-state index contributed by atoms with van der Waals surface area (Å²) < 4.78 is 12.2. The molecule has 8 atom stereocenters. The number of rotatable bonds is 2. The summed E-state index contributed by atoms with van der Waals surface area (Å²) in [5.41, 5.74) is 1.05. The first-order valence-electron chi connectivity index (χ1n) is 13.1. The molecule has 1 aromatic carbocycles. The van der Waals surface area contributed by atoms with E-state index in [1.54, 1.807) is 0 Å². The number of ketones is 1. The van der Waals surface area contributed by atoms with Crippen molar-refractivity contribution in [2.75, 3.05) is 0 Å². The molecule has 0 aliphatic heterocycles. The van der Waals surface area contributed by atoms with Gasteiger partial charge in [0.15, 0.2) is 0 Å². The molecule has 4 fully saturated rings. The Labute approximate surface area is 198 Å². The maximum absolute atomic E-state index is 12.2. The highest BCUT2D eigenvalue weighted by molar-refractivity contribution is 5.87. The lowest BCUT2D eigenvalue weighted by Gasteiger charge is -2.61. The topological polar surface area (TPSA) is 54.4 Å². The molecule has 1 N–H and O–H groups in total. The normalized spacial score (nSPS) is 41.6. The summed E-state index contributed by atoms with van der Waals surface area (Å²) in [5.74, 6) is 4.03. The lowest BCUT2D eigenvalue weighted by atomic mass is 9.44. The van der Waals surface area contributed by atoms with Crippen LogP contribution in [0.5, 0.6) is 0 Å². The Kier molecular flexibility index (Phi) is 6.77. The van der Waals surface area contributed by atoms with Crippen molar-refractivity contribution in [1.82, 2.24) is 0 Å². The highest BCUT2D eigenvalue weighted by Crippen LogP contribution is 2.67. The molecule has 0 amide bonds. The SMILES string of the molecule is CC(=O)C1CCC2C3CCC4CC(C)CCC4(C)C3CCC12C.O=C(O)c1ccc(F)cc1. The van der Waals surface area contributed by atoms with Crippen LogP contribution in [0.1, 0.15) is 95.8 Å². The number of fused-ring (bicyclic) bond motifs is 5. The minimum absolute atomic E-state index is 0.0985. The lowest BCUT2D eigenvalue weighted by molar-refractivity contribution is -0.135. The molecule has 0 spiro atoms. The Hall–Kier alpha value is -1.71. The molecule has 4 saturated carbocycles. The fraction of sp³-hybridized carbons (Fsp3) is 0.724. The molecule has 5 rings (SSSR count). The van der Waals surface area contributed by atoms with Crippen molar-refractivity contribution in [3.8, 4) is 0 Å². The molecule has 33 heavy (non-hydrogen) atoms. The number of carboxylic acid groups (broad SMARTS) is 1. The fourth-order valence-corrected chi connectivity index (χ4v) is 8.73. The van der Waals surface area contributed by atoms with Gasteiger partial charge in [-0.3, -0.25) is 4.79 Å². The number of carbonyl (C=O) groups excluding carboxylic acids is 1. The summed E-state index contributed by atoms with van der Waals surface area (Å²) in [4.78, 5) is 22.4. The molecule has 4 aliphatic carbocycles. The monoisotopic (exact) mass is 456 g/mol. The summed E-state index contributed by atoms with van der Waals surface area (Å²) >= 11 is 0. The van der Waals surface area contributed by atoms with Crippen molar-refractivity contribution < 1.29 is 19.1 Å². The molecule has 0 heterocycles. The average Bonchev–Trinajstić information content (AvgIpc) is 3.12. The van der Waals surface area contributed by atoms with Gasteiger partial charge in [-0.05, 0) is 123 Å². The number of benzene rings is 1. The van der Waals surface area contributed by atoms with Gasteiger partial charge in [-0.15, -0.1) is 0 Å². The van der Waals surface area contributed by atoms with Crippen LogP contribution in [0.15, 0.2) is 24.3 Å². The van der Waals surface area contributed by atoms with Gasteiger partial charge in [-0.1, -0.05) is 27.2 Å². The molecule has 8 unspecified atom stereocenters. The number of Topliss-reactive ketones (excluding diaryl/α,β-unsaturated/α-hetero) is 1. The van der Waals surface area contributed by atoms with E-state index >= 15 is 0 Å². The number of carbonyl (C=O) groups is 2. The van der Waals surface area contributed by atoms with E-state index in [0.717, 1.165) is 41.7 Å². The van der Waals surface area contributed by atoms with E-state index in [-0.39, 0.29) is 5.56 Å². The molecule has 4 aliphatic rings. The van der Waals surface area contributed by atoms with Gasteiger partial charge in [0.2, 0.25) is 0 Å². The Balaban J connectivity index is 0.000000219. The zero-order chi connectivity index (χ0) is 24.0. The highest BCUT2D eigenvalue weighted by Gasteiger charge is 2.60. The Morgan fingerprint density at radius 1 is 0.909 bits per heavy atom. The van der Waals surface area contributed by atoms with Gasteiger partial charge in [0.1, 0.15) is 11.6 Å². The second kappa shape index (κ2) is 9.15. The minimum Gasteiger partial charge on any atom is -0.478 e. The average molecular weight is 457 g/mol. The number of carboxylic acids is 1. The summed E-state index contributed by atoms with van der Waals surface area (Å²) in [6.07, 6.45) is 12.6. The van der Waals surface area contributed by atoms with Crippen LogP contribution in [-0.4, -0.2) is 16.9 Å². The second-order valence-corrected chi connectivity index (χ2v) is 12.1. The molecular weight excluding hydrogens is 415 g/mol. The van der Waals surface area contributed by atoms with Gasteiger partial charge >= 0.3 is 5.97 Å². The molecule has 0 aromatic heterocycles. The largest absolute Gasteiger partial charge is 0.478 e.